The fourth-order valence-electron chi connectivity index (χ4n) is 1.96. The molecule has 2 N–H and O–H groups in total. The third kappa shape index (κ3) is 8.57. The van der Waals surface area contributed by atoms with Crippen molar-refractivity contribution >= 4 is 68.8 Å². The molecule has 0 radical (unpaired) electrons. The molecule has 0 aromatic carbocycles. The smallest absolute Gasteiger partial charge is 0.360 e. The van der Waals surface area contributed by atoms with Gasteiger partial charge in [0.05, 0.1) is 35.7 Å². The highest BCUT2D eigenvalue weighted by atomic mass is 127. The summed E-state index contributed by atoms with van der Waals surface area (Å²) in [6.45, 7) is 5.31. The normalized spacial score (nSPS) is 10.4. The van der Waals surface area contributed by atoms with Crippen LogP contribution in [0.3, 0.4) is 0 Å². The molecule has 0 unspecified atom stereocenters. The summed E-state index contributed by atoms with van der Waals surface area (Å²) in [6, 6.07) is 0. The second-order valence-corrected chi connectivity index (χ2v) is 6.19. The van der Waals surface area contributed by atoms with E-state index in [1.807, 2.05) is 0 Å². The number of esters is 2. The van der Waals surface area contributed by atoms with Gasteiger partial charge < -0.3 is 29.6 Å². The Labute approximate surface area is 191 Å². The van der Waals surface area contributed by atoms with Gasteiger partial charge in [-0.15, -0.1) is 0 Å². The van der Waals surface area contributed by atoms with Gasteiger partial charge in [0.2, 0.25) is 0 Å². The van der Waals surface area contributed by atoms with Crippen molar-refractivity contribution < 1.29 is 28.5 Å². The lowest BCUT2D eigenvalue weighted by Gasteiger charge is -2.15. The molecular formula is C16H24I2N4O6. The van der Waals surface area contributed by atoms with Crippen molar-refractivity contribution in [3.8, 4) is 0 Å². The topological polar surface area (TPSA) is 121 Å². The van der Waals surface area contributed by atoms with Gasteiger partial charge in [0, 0.05) is 13.1 Å². The highest BCUT2D eigenvalue weighted by molar-refractivity contribution is 14.1. The molecule has 1 rings (SSSR count). The van der Waals surface area contributed by atoms with Crippen LogP contribution in [0, 0.1) is 0 Å². The molecule has 158 valence electrons. The van der Waals surface area contributed by atoms with Gasteiger partial charge in [0.1, 0.15) is 0 Å². The molecule has 0 atom stereocenters. The fourth-order valence-corrected chi connectivity index (χ4v) is 2.58. The Kier molecular flexibility index (Phi) is 13.3. The molecule has 1 heterocycles. The first-order chi connectivity index (χ1) is 13.6. The number of rotatable bonds is 14. The molecule has 0 bridgehead atoms. The third-order valence-corrected chi connectivity index (χ3v) is 3.95. The van der Waals surface area contributed by atoms with Gasteiger partial charge in [-0.1, -0.05) is 45.2 Å². The zero-order chi connectivity index (χ0) is 20.8. The predicted molar refractivity (Wildman–Crippen MR) is 121 cm³/mol. The summed E-state index contributed by atoms with van der Waals surface area (Å²) in [5, 5.41) is 5.93. The summed E-state index contributed by atoms with van der Waals surface area (Å²) < 4.78 is 21.7. The molecule has 28 heavy (non-hydrogen) atoms. The van der Waals surface area contributed by atoms with E-state index in [1.54, 1.807) is 13.8 Å². The van der Waals surface area contributed by atoms with Crippen LogP contribution in [-0.4, -0.2) is 70.7 Å². The Morgan fingerprint density at radius 3 is 1.54 bits per heavy atom. The highest BCUT2D eigenvalue weighted by Crippen LogP contribution is 2.20. The third-order valence-electron chi connectivity index (χ3n) is 3.07. The first kappa shape index (κ1) is 25.0. The number of hydrogen-bond acceptors (Lipinski definition) is 10. The lowest BCUT2D eigenvalue weighted by atomic mass is 10.3. The maximum Gasteiger partial charge on any atom is 0.360 e. The van der Waals surface area contributed by atoms with Crippen LogP contribution < -0.4 is 10.6 Å². The average Bonchev–Trinajstić information content (AvgIpc) is 2.69. The highest BCUT2D eigenvalue weighted by Gasteiger charge is 2.24. The van der Waals surface area contributed by atoms with E-state index in [4.69, 9.17) is 18.9 Å². The Hall–Kier alpha value is -1.00. The second kappa shape index (κ2) is 14.9. The summed E-state index contributed by atoms with van der Waals surface area (Å²) in [4.78, 5) is 33.2. The molecule has 0 fully saturated rings. The Morgan fingerprint density at radius 1 is 0.821 bits per heavy atom. The molecule has 12 heteroatoms. The van der Waals surface area contributed by atoms with E-state index < -0.39 is 11.9 Å². The number of alkyl halides is 2. The summed E-state index contributed by atoms with van der Waals surface area (Å²) in [5.74, 6) is -1.02. The van der Waals surface area contributed by atoms with Crippen LogP contribution in [-0.2, 0) is 18.9 Å². The van der Waals surface area contributed by atoms with E-state index in [2.05, 4.69) is 65.8 Å². The number of ether oxygens (including phenoxy) is 4. The lowest BCUT2D eigenvalue weighted by molar-refractivity contribution is 0.0502. The first-order valence-electron chi connectivity index (χ1n) is 8.60. The van der Waals surface area contributed by atoms with E-state index in [0.29, 0.717) is 35.5 Å². The number of nitrogens with zero attached hydrogens (tertiary/aromatic N) is 2. The van der Waals surface area contributed by atoms with Crippen LogP contribution in [0.5, 0.6) is 0 Å². The minimum absolute atomic E-state index is 0.0262. The van der Waals surface area contributed by atoms with Crippen molar-refractivity contribution in [1.29, 1.82) is 0 Å². The summed E-state index contributed by atoms with van der Waals surface area (Å²) in [5.41, 5.74) is -0.0524. The molecule has 0 saturated carbocycles. The minimum atomic E-state index is -0.644. The van der Waals surface area contributed by atoms with E-state index in [-0.39, 0.29) is 36.2 Å². The zero-order valence-electron chi connectivity index (χ0n) is 15.8. The van der Waals surface area contributed by atoms with E-state index >= 15 is 0 Å². The average molecular weight is 622 g/mol. The number of nitrogens with one attached hydrogen (secondary N) is 2. The SMILES string of the molecule is CCOC(=O)c1nc(NCCOCI)c(C(=O)OCC)nc1NCCOCI. The fraction of sp³-hybridized carbons (Fsp3) is 0.625. The molecule has 0 amide bonds. The van der Waals surface area contributed by atoms with Crippen LogP contribution in [0.15, 0.2) is 0 Å². The van der Waals surface area contributed by atoms with Crippen LogP contribution in [0.4, 0.5) is 11.6 Å². The van der Waals surface area contributed by atoms with Crippen molar-refractivity contribution in [3.05, 3.63) is 11.4 Å². The number of hydrogen-bond donors (Lipinski definition) is 2. The van der Waals surface area contributed by atoms with Crippen molar-refractivity contribution in [2.75, 3.05) is 59.4 Å². The molecule has 1 aromatic heterocycles. The number of aromatic nitrogens is 2. The summed E-state index contributed by atoms with van der Waals surface area (Å²) in [6.07, 6.45) is 0. The van der Waals surface area contributed by atoms with E-state index in [9.17, 15) is 9.59 Å². The maximum absolute atomic E-state index is 12.3. The molecule has 1 aromatic rings. The Bertz CT molecular complexity index is 582. The molecule has 0 saturated heterocycles. The van der Waals surface area contributed by atoms with E-state index in [1.165, 1.54) is 0 Å². The van der Waals surface area contributed by atoms with Crippen LogP contribution in [0.1, 0.15) is 34.8 Å². The molecule has 0 spiro atoms. The monoisotopic (exact) mass is 622 g/mol. The van der Waals surface area contributed by atoms with Gasteiger partial charge >= 0.3 is 11.9 Å². The van der Waals surface area contributed by atoms with Gasteiger partial charge in [-0.05, 0) is 13.8 Å². The second-order valence-electron chi connectivity index (χ2n) is 4.95. The van der Waals surface area contributed by atoms with E-state index in [0.717, 1.165) is 0 Å². The molecular weight excluding hydrogens is 598 g/mol. The molecule has 10 nitrogen and oxygen atoms in total. The number of halogens is 2. The van der Waals surface area contributed by atoms with Crippen molar-refractivity contribution in [1.82, 2.24) is 9.97 Å². The van der Waals surface area contributed by atoms with Crippen molar-refractivity contribution in [3.63, 3.8) is 0 Å². The van der Waals surface area contributed by atoms with Gasteiger partial charge in [0.15, 0.2) is 23.0 Å². The first-order valence-corrected chi connectivity index (χ1v) is 11.6. The number of carbonyl (C=O) groups excluding carboxylic acids is 2. The van der Waals surface area contributed by atoms with Gasteiger partial charge in [-0.25, -0.2) is 19.6 Å². The van der Waals surface area contributed by atoms with Crippen molar-refractivity contribution in [2.24, 2.45) is 0 Å². The standard InChI is InChI=1S/C16H24I2N4O6/c1-3-27-15(23)11-13(19-5-7-25-9-17)22-12(16(24)28-4-2)14(21-11)20-6-8-26-10-18/h3-10H2,1-2H3,(H,20,21)(H,19,22). The Balaban J connectivity index is 3.20. The molecule has 0 aliphatic rings. The summed E-state index contributed by atoms with van der Waals surface area (Å²) >= 11 is 4.17. The van der Waals surface area contributed by atoms with Gasteiger partial charge in [0.25, 0.3) is 0 Å². The van der Waals surface area contributed by atoms with Crippen molar-refractivity contribution in [2.45, 2.75) is 13.8 Å². The predicted octanol–water partition coefficient (Wildman–Crippen LogP) is 2.47. The Morgan fingerprint density at radius 2 is 1.21 bits per heavy atom. The summed E-state index contributed by atoms with van der Waals surface area (Å²) in [7, 11) is 0. The lowest BCUT2D eigenvalue weighted by Crippen LogP contribution is -2.22. The quantitative estimate of drug-likeness (QED) is 0.139. The number of anilines is 2. The largest absolute Gasteiger partial charge is 0.461 e. The molecule has 0 aliphatic heterocycles. The minimum Gasteiger partial charge on any atom is -0.461 e. The number of carbonyl (C=O) groups is 2. The van der Waals surface area contributed by atoms with Crippen LogP contribution >= 0.6 is 45.2 Å². The van der Waals surface area contributed by atoms with Crippen LogP contribution in [0.2, 0.25) is 0 Å². The van der Waals surface area contributed by atoms with Crippen LogP contribution in [0.25, 0.3) is 0 Å². The zero-order valence-corrected chi connectivity index (χ0v) is 20.1. The maximum atomic E-state index is 12.3. The molecule has 0 aliphatic carbocycles. The van der Waals surface area contributed by atoms with Gasteiger partial charge in [-0.2, -0.15) is 0 Å². The van der Waals surface area contributed by atoms with Gasteiger partial charge in [-0.3, -0.25) is 0 Å².